The minimum absolute atomic E-state index is 0.0597. The van der Waals surface area contributed by atoms with Gasteiger partial charge in [-0.3, -0.25) is 35.1 Å². The van der Waals surface area contributed by atoms with E-state index in [4.69, 9.17) is 0 Å². The number of benzene rings is 5. The van der Waals surface area contributed by atoms with Crippen molar-refractivity contribution in [3.63, 3.8) is 0 Å². The summed E-state index contributed by atoms with van der Waals surface area (Å²) in [5.74, 6) is -0.717. The van der Waals surface area contributed by atoms with E-state index >= 15 is 0 Å². The molecule has 1 aliphatic rings. The van der Waals surface area contributed by atoms with Gasteiger partial charge in [0.05, 0.1) is 26.4 Å². The maximum atomic E-state index is 12.3. The Morgan fingerprint density at radius 3 is 1.90 bits per heavy atom. The Bertz CT molecular complexity index is 2110. The van der Waals surface area contributed by atoms with Crippen molar-refractivity contribution in [2.75, 3.05) is 0 Å². The average Bonchev–Trinajstić information content (AvgIpc) is 3.51. The van der Waals surface area contributed by atoms with E-state index < -0.39 is 31.9 Å². The van der Waals surface area contributed by atoms with Crippen LogP contribution < -0.4 is 0 Å². The Labute approximate surface area is 240 Å². The van der Waals surface area contributed by atoms with Crippen LogP contribution in [0.3, 0.4) is 0 Å². The van der Waals surface area contributed by atoms with Crippen LogP contribution in [0.15, 0.2) is 103 Å². The van der Waals surface area contributed by atoms with Crippen molar-refractivity contribution >= 4 is 54.4 Å². The minimum atomic E-state index is -0.841. The van der Waals surface area contributed by atoms with E-state index in [1.165, 1.54) is 37.4 Å². The first kappa shape index (κ1) is 26.4. The summed E-state index contributed by atoms with van der Waals surface area (Å²) in [7, 11) is 0. The van der Waals surface area contributed by atoms with Gasteiger partial charge >= 0.3 is 0 Å². The zero-order valence-electron chi connectivity index (χ0n) is 21.4. The molecule has 10 nitrogen and oxygen atoms in total. The predicted octanol–water partition coefficient (Wildman–Crippen LogP) is 8.34. The lowest BCUT2D eigenvalue weighted by molar-refractivity contribution is -0.393. The fourth-order valence-electron chi connectivity index (χ4n) is 5.06. The normalized spacial score (nSPS) is 11.5. The summed E-state index contributed by atoms with van der Waals surface area (Å²) in [5, 5.41) is 35.6. The van der Waals surface area contributed by atoms with E-state index in [-0.39, 0.29) is 27.9 Å². The number of rotatable bonds is 4. The van der Waals surface area contributed by atoms with Gasteiger partial charge in [0.2, 0.25) is 0 Å². The van der Waals surface area contributed by atoms with E-state index in [1.54, 1.807) is 0 Å². The Hall–Kier alpha value is -5.81. The largest absolute Gasteiger partial charge is 0.289 e. The number of hydrogen-bond acceptors (Lipinski definition) is 8. The van der Waals surface area contributed by atoms with Crippen molar-refractivity contribution in [2.45, 2.75) is 0 Å². The van der Waals surface area contributed by atoms with Crippen LogP contribution in [-0.2, 0) is 0 Å². The van der Waals surface area contributed by atoms with Crippen molar-refractivity contribution in [3.8, 4) is 22.3 Å². The Kier molecular flexibility index (Phi) is 6.48. The van der Waals surface area contributed by atoms with Crippen LogP contribution in [0, 0.1) is 30.3 Å². The summed E-state index contributed by atoms with van der Waals surface area (Å²) in [6, 6.07) is 31.0. The van der Waals surface area contributed by atoms with Crippen molar-refractivity contribution < 1.29 is 19.6 Å². The standard InChI is InChI=1S/C18H12S.C13H5N3O7/c1-2-6-13(7-3-1)14-10-11-18-16(12-14)15-8-4-5-9-17(15)19-18;17-13-9-3-6(14(18)19)1-2-8(9)12-10(13)4-7(15(20)21)5-11(12)16(22)23/h1-12H;1-5H. The molecule has 0 N–H and O–H groups in total. The van der Waals surface area contributed by atoms with E-state index in [0.717, 1.165) is 24.3 Å². The molecule has 7 rings (SSSR count). The molecule has 0 fully saturated rings. The zero-order chi connectivity index (χ0) is 29.5. The molecule has 0 saturated heterocycles. The predicted molar refractivity (Wildman–Crippen MR) is 160 cm³/mol. The fourth-order valence-corrected chi connectivity index (χ4v) is 6.14. The number of nitrogens with zero attached hydrogens (tertiary/aromatic N) is 3. The smallest absolute Gasteiger partial charge is 0.284 e. The van der Waals surface area contributed by atoms with Crippen LogP contribution in [0.1, 0.15) is 15.9 Å². The maximum Gasteiger partial charge on any atom is 0.284 e. The molecular formula is C31H17N3O7S. The topological polar surface area (TPSA) is 146 Å². The second-order valence-electron chi connectivity index (χ2n) is 9.39. The van der Waals surface area contributed by atoms with Crippen molar-refractivity contribution in [1.82, 2.24) is 0 Å². The number of nitro groups is 3. The molecular weight excluding hydrogens is 558 g/mol. The van der Waals surface area contributed by atoms with Gasteiger partial charge < -0.3 is 0 Å². The van der Waals surface area contributed by atoms with Gasteiger partial charge in [-0.1, -0.05) is 54.6 Å². The minimum Gasteiger partial charge on any atom is -0.289 e. The lowest BCUT2D eigenvalue weighted by Gasteiger charge is -2.02. The lowest BCUT2D eigenvalue weighted by atomic mass is 10.0. The molecule has 0 unspecified atom stereocenters. The summed E-state index contributed by atoms with van der Waals surface area (Å²) in [6.07, 6.45) is 0. The van der Waals surface area contributed by atoms with Crippen LogP contribution in [0.2, 0.25) is 0 Å². The highest BCUT2D eigenvalue weighted by atomic mass is 32.1. The van der Waals surface area contributed by atoms with Gasteiger partial charge in [0.1, 0.15) is 0 Å². The van der Waals surface area contributed by atoms with Gasteiger partial charge in [-0.15, -0.1) is 11.3 Å². The van der Waals surface area contributed by atoms with Crippen LogP contribution in [-0.4, -0.2) is 20.6 Å². The number of hydrogen-bond donors (Lipinski definition) is 0. The molecule has 6 aromatic rings. The van der Waals surface area contributed by atoms with Crippen LogP contribution in [0.25, 0.3) is 42.4 Å². The first-order chi connectivity index (χ1) is 20.2. The third-order valence-corrected chi connectivity index (χ3v) is 8.12. The van der Waals surface area contributed by atoms with Gasteiger partial charge in [0.25, 0.3) is 17.1 Å². The molecule has 0 atom stereocenters. The van der Waals surface area contributed by atoms with E-state index in [1.807, 2.05) is 11.3 Å². The van der Waals surface area contributed by atoms with Gasteiger partial charge in [0, 0.05) is 55.1 Å². The van der Waals surface area contributed by atoms with Crippen LogP contribution in [0.5, 0.6) is 0 Å². The molecule has 11 heteroatoms. The Balaban J connectivity index is 0.000000153. The Morgan fingerprint density at radius 1 is 0.524 bits per heavy atom. The SMILES string of the molecule is O=C1c2cc([N+](=O)[O-])ccc2-c2c1cc([N+](=O)[O-])cc2[N+](=O)[O-].c1ccc(-c2ccc3sc4ccccc4c3c2)cc1. The number of non-ortho nitro benzene ring substituents is 2. The summed E-state index contributed by atoms with van der Waals surface area (Å²) in [5.41, 5.74) is 0.839. The van der Waals surface area contributed by atoms with Crippen LogP contribution in [0.4, 0.5) is 17.1 Å². The summed E-state index contributed by atoms with van der Waals surface area (Å²) in [6.45, 7) is 0. The first-order valence-corrected chi connectivity index (χ1v) is 13.3. The zero-order valence-corrected chi connectivity index (χ0v) is 22.2. The van der Waals surface area contributed by atoms with E-state index in [0.29, 0.717) is 0 Å². The van der Waals surface area contributed by atoms with Crippen molar-refractivity contribution in [2.24, 2.45) is 0 Å². The molecule has 0 amide bonds. The quantitative estimate of drug-likeness (QED) is 0.151. The van der Waals surface area contributed by atoms with Crippen molar-refractivity contribution in [3.05, 3.63) is 145 Å². The number of nitro benzene ring substituents is 3. The second kappa shape index (κ2) is 10.3. The number of ketones is 1. The molecule has 0 saturated carbocycles. The third kappa shape index (κ3) is 4.53. The first-order valence-electron chi connectivity index (χ1n) is 12.5. The molecule has 1 aromatic heterocycles. The highest BCUT2D eigenvalue weighted by molar-refractivity contribution is 7.25. The lowest BCUT2D eigenvalue weighted by Crippen LogP contribution is -2.00. The number of carbonyl (C=O) groups is 1. The molecule has 204 valence electrons. The molecule has 0 bridgehead atoms. The molecule has 5 aromatic carbocycles. The highest BCUT2D eigenvalue weighted by Gasteiger charge is 2.36. The average molecular weight is 576 g/mol. The van der Waals surface area contributed by atoms with Crippen LogP contribution >= 0.6 is 11.3 Å². The van der Waals surface area contributed by atoms with Gasteiger partial charge in [0.15, 0.2) is 5.78 Å². The molecule has 0 aliphatic heterocycles. The monoisotopic (exact) mass is 575 g/mol. The summed E-state index contributed by atoms with van der Waals surface area (Å²) in [4.78, 5) is 42.8. The van der Waals surface area contributed by atoms with Crippen molar-refractivity contribution in [1.29, 1.82) is 0 Å². The summed E-state index contributed by atoms with van der Waals surface area (Å²) >= 11 is 1.87. The molecule has 0 spiro atoms. The van der Waals surface area contributed by atoms with E-state index in [2.05, 4.69) is 72.8 Å². The maximum absolute atomic E-state index is 12.3. The van der Waals surface area contributed by atoms with Gasteiger partial charge in [-0.05, 0) is 35.4 Å². The van der Waals surface area contributed by atoms with Gasteiger partial charge in [-0.25, -0.2) is 0 Å². The summed E-state index contributed by atoms with van der Waals surface area (Å²) < 4.78 is 2.73. The molecule has 1 heterocycles. The number of thiophene rings is 1. The number of carbonyl (C=O) groups excluding carboxylic acids is 1. The van der Waals surface area contributed by atoms with Gasteiger partial charge in [-0.2, -0.15) is 0 Å². The molecule has 42 heavy (non-hydrogen) atoms. The molecule has 1 aliphatic carbocycles. The molecule has 0 radical (unpaired) electrons. The highest BCUT2D eigenvalue weighted by Crippen LogP contribution is 2.45. The Morgan fingerprint density at radius 2 is 1.19 bits per heavy atom. The third-order valence-electron chi connectivity index (χ3n) is 6.97. The number of fused-ring (bicyclic) bond motifs is 6. The fraction of sp³-hybridized carbons (Fsp3) is 0. The second-order valence-corrected chi connectivity index (χ2v) is 10.5. The van der Waals surface area contributed by atoms with E-state index in [9.17, 15) is 35.1 Å².